The molecule has 0 bridgehead atoms. The van der Waals surface area contributed by atoms with E-state index in [-0.39, 0.29) is 0 Å². The van der Waals surface area contributed by atoms with Crippen molar-refractivity contribution in [3.63, 3.8) is 0 Å². The van der Waals surface area contributed by atoms with E-state index in [0.29, 0.717) is 0 Å². The van der Waals surface area contributed by atoms with E-state index in [0.717, 1.165) is 17.8 Å². The van der Waals surface area contributed by atoms with Gasteiger partial charge in [-0.1, -0.05) is 48.5 Å². The van der Waals surface area contributed by atoms with Gasteiger partial charge in [0.2, 0.25) is 0 Å². The van der Waals surface area contributed by atoms with Crippen LogP contribution < -0.4 is 5.32 Å². The van der Waals surface area contributed by atoms with E-state index < -0.39 is 0 Å². The first-order valence-electron chi connectivity index (χ1n) is 5.92. The molecule has 1 N–H and O–H groups in total. The molecule has 1 heterocycles. The molecule has 1 aliphatic heterocycles. The molecule has 2 unspecified atom stereocenters. The van der Waals surface area contributed by atoms with E-state index in [9.17, 15) is 0 Å². The highest BCUT2D eigenvalue weighted by atomic mass is 14.9. The lowest BCUT2D eigenvalue weighted by atomic mass is 9.88. The monoisotopic (exact) mass is 187 g/mol. The second kappa shape index (κ2) is 10.0. The van der Waals surface area contributed by atoms with Crippen LogP contribution in [0.15, 0.2) is 0 Å². The summed E-state index contributed by atoms with van der Waals surface area (Å²) in [5.41, 5.74) is 0. The zero-order valence-electron chi connectivity index (χ0n) is 10.6. The van der Waals surface area contributed by atoms with Crippen molar-refractivity contribution < 1.29 is 0 Å². The van der Waals surface area contributed by atoms with Crippen molar-refractivity contribution in [2.24, 2.45) is 17.8 Å². The highest BCUT2D eigenvalue weighted by Crippen LogP contribution is 2.23. The van der Waals surface area contributed by atoms with Gasteiger partial charge >= 0.3 is 0 Å². The summed E-state index contributed by atoms with van der Waals surface area (Å²) in [7, 11) is 0. The van der Waals surface area contributed by atoms with Crippen LogP contribution in [-0.4, -0.2) is 13.1 Å². The van der Waals surface area contributed by atoms with Gasteiger partial charge in [-0.05, 0) is 30.8 Å². The minimum atomic E-state index is 0.856. The molecule has 0 spiro atoms. The third-order valence-corrected chi connectivity index (χ3v) is 2.43. The molecule has 0 aliphatic carbocycles. The fourth-order valence-corrected chi connectivity index (χ4v) is 1.72. The summed E-state index contributed by atoms with van der Waals surface area (Å²) in [6.45, 7) is 17.4. The number of rotatable bonds is 1. The van der Waals surface area contributed by atoms with E-state index in [2.05, 4.69) is 26.1 Å². The molecule has 0 saturated carbocycles. The smallest absolute Gasteiger partial charge is 0.00149 e. The van der Waals surface area contributed by atoms with Gasteiger partial charge in [0, 0.05) is 0 Å². The lowest BCUT2D eigenvalue weighted by Crippen LogP contribution is -2.15. The molecule has 82 valence electrons. The molecular formula is C12H29N. The highest BCUT2D eigenvalue weighted by molar-refractivity contribution is 4.79. The molecule has 2 atom stereocenters. The van der Waals surface area contributed by atoms with Crippen LogP contribution in [-0.2, 0) is 0 Å². The van der Waals surface area contributed by atoms with Gasteiger partial charge in [-0.15, -0.1) is 0 Å². The summed E-state index contributed by atoms with van der Waals surface area (Å²) in [6.07, 6.45) is 0. The molecule has 0 amide bonds. The van der Waals surface area contributed by atoms with Crippen LogP contribution in [0.25, 0.3) is 0 Å². The SMILES string of the molecule is CC.CC.CC(C)C1CNCC1C. The largest absolute Gasteiger partial charge is 0.316 e. The lowest BCUT2D eigenvalue weighted by molar-refractivity contribution is 0.339. The Bertz CT molecular complexity index is 89.1. The molecule has 0 aromatic rings. The van der Waals surface area contributed by atoms with Crippen LogP contribution in [0.1, 0.15) is 48.5 Å². The van der Waals surface area contributed by atoms with Crippen molar-refractivity contribution >= 4 is 0 Å². The van der Waals surface area contributed by atoms with Crippen LogP contribution in [0.4, 0.5) is 0 Å². The minimum Gasteiger partial charge on any atom is -0.316 e. The van der Waals surface area contributed by atoms with Crippen molar-refractivity contribution in [1.29, 1.82) is 0 Å². The Morgan fingerprint density at radius 3 is 1.62 bits per heavy atom. The Balaban J connectivity index is 0. The topological polar surface area (TPSA) is 12.0 Å². The zero-order valence-corrected chi connectivity index (χ0v) is 10.6. The van der Waals surface area contributed by atoms with Crippen LogP contribution in [0, 0.1) is 17.8 Å². The third kappa shape index (κ3) is 6.09. The average Bonchev–Trinajstić information content (AvgIpc) is 2.58. The average molecular weight is 187 g/mol. The molecule has 1 rings (SSSR count). The predicted molar refractivity (Wildman–Crippen MR) is 63.1 cm³/mol. The molecule has 1 nitrogen and oxygen atoms in total. The highest BCUT2D eigenvalue weighted by Gasteiger charge is 2.24. The molecular weight excluding hydrogens is 158 g/mol. The van der Waals surface area contributed by atoms with E-state index in [1.807, 2.05) is 27.7 Å². The lowest BCUT2D eigenvalue weighted by Gasteiger charge is -2.17. The summed E-state index contributed by atoms with van der Waals surface area (Å²) in [4.78, 5) is 0. The number of hydrogen-bond acceptors (Lipinski definition) is 1. The van der Waals surface area contributed by atoms with Gasteiger partial charge in [0.25, 0.3) is 0 Å². The van der Waals surface area contributed by atoms with E-state index in [1.165, 1.54) is 13.1 Å². The first kappa shape index (κ1) is 15.4. The first-order valence-corrected chi connectivity index (χ1v) is 5.92. The van der Waals surface area contributed by atoms with E-state index >= 15 is 0 Å². The van der Waals surface area contributed by atoms with Crippen LogP contribution in [0.3, 0.4) is 0 Å². The van der Waals surface area contributed by atoms with Gasteiger partial charge in [-0.2, -0.15) is 0 Å². The second-order valence-electron chi connectivity index (χ2n) is 3.54. The van der Waals surface area contributed by atoms with Crippen molar-refractivity contribution in [2.45, 2.75) is 48.5 Å². The molecule has 0 radical (unpaired) electrons. The predicted octanol–water partition coefficient (Wildman–Crippen LogP) is 3.55. The maximum Gasteiger partial charge on any atom is -0.00149 e. The quantitative estimate of drug-likeness (QED) is 0.662. The maximum atomic E-state index is 3.40. The fourth-order valence-electron chi connectivity index (χ4n) is 1.72. The molecule has 1 saturated heterocycles. The minimum absolute atomic E-state index is 0.856. The summed E-state index contributed by atoms with van der Waals surface area (Å²) < 4.78 is 0. The standard InChI is InChI=1S/C8H17N.2C2H6/c1-6(2)8-5-9-4-7(8)3;2*1-2/h6-9H,4-5H2,1-3H3;2*1-2H3. The molecule has 0 aromatic carbocycles. The fraction of sp³-hybridized carbons (Fsp3) is 1.00. The van der Waals surface area contributed by atoms with Crippen molar-refractivity contribution in [1.82, 2.24) is 5.32 Å². The molecule has 1 aliphatic rings. The molecule has 13 heavy (non-hydrogen) atoms. The Morgan fingerprint density at radius 1 is 1.00 bits per heavy atom. The van der Waals surface area contributed by atoms with Crippen LogP contribution >= 0.6 is 0 Å². The zero-order chi connectivity index (χ0) is 10.9. The third-order valence-electron chi connectivity index (χ3n) is 2.43. The van der Waals surface area contributed by atoms with E-state index in [1.54, 1.807) is 0 Å². The number of hydrogen-bond donors (Lipinski definition) is 1. The summed E-state index contributed by atoms with van der Waals surface area (Å²) in [5.74, 6) is 2.67. The Morgan fingerprint density at radius 2 is 1.46 bits per heavy atom. The Labute approximate surface area is 85.3 Å². The first-order chi connectivity index (χ1) is 6.22. The van der Waals surface area contributed by atoms with Gasteiger partial charge in [0.1, 0.15) is 0 Å². The van der Waals surface area contributed by atoms with Gasteiger partial charge in [-0.3, -0.25) is 0 Å². The van der Waals surface area contributed by atoms with Crippen LogP contribution in [0.5, 0.6) is 0 Å². The molecule has 0 aromatic heterocycles. The Hall–Kier alpha value is -0.0400. The van der Waals surface area contributed by atoms with Crippen molar-refractivity contribution in [3.05, 3.63) is 0 Å². The number of nitrogens with one attached hydrogen (secondary N) is 1. The molecule has 1 heteroatoms. The normalized spacial score (nSPS) is 25.8. The second-order valence-corrected chi connectivity index (χ2v) is 3.54. The van der Waals surface area contributed by atoms with Gasteiger partial charge < -0.3 is 5.32 Å². The van der Waals surface area contributed by atoms with Gasteiger partial charge in [-0.25, -0.2) is 0 Å². The van der Waals surface area contributed by atoms with E-state index in [4.69, 9.17) is 0 Å². The summed E-state index contributed by atoms with van der Waals surface area (Å²) in [6, 6.07) is 0. The van der Waals surface area contributed by atoms with Crippen molar-refractivity contribution in [3.8, 4) is 0 Å². The van der Waals surface area contributed by atoms with Gasteiger partial charge in [0.05, 0.1) is 0 Å². The maximum absolute atomic E-state index is 3.40. The van der Waals surface area contributed by atoms with Crippen molar-refractivity contribution in [2.75, 3.05) is 13.1 Å². The summed E-state index contributed by atoms with van der Waals surface area (Å²) in [5, 5.41) is 3.40. The Kier molecular flexibility index (Phi) is 11.9. The van der Waals surface area contributed by atoms with Gasteiger partial charge in [0.15, 0.2) is 0 Å². The molecule has 1 fully saturated rings. The van der Waals surface area contributed by atoms with Crippen LogP contribution in [0.2, 0.25) is 0 Å². The summed E-state index contributed by atoms with van der Waals surface area (Å²) >= 11 is 0.